The zero-order valence-electron chi connectivity index (χ0n) is 9.72. The molecular weight excluding hydrogens is 327 g/mol. The molecule has 2 aromatic rings. The number of pyridine rings is 1. The van der Waals surface area contributed by atoms with E-state index >= 15 is 0 Å². The number of aromatic nitrogens is 1. The molecule has 2 rings (SSSR count). The number of ether oxygens (including phenoxy) is 1. The van der Waals surface area contributed by atoms with E-state index in [0.717, 1.165) is 6.92 Å². The van der Waals surface area contributed by atoms with Crippen molar-refractivity contribution >= 4 is 26.7 Å². The van der Waals surface area contributed by atoms with Crippen LogP contribution in [0, 0.1) is 0 Å². The van der Waals surface area contributed by atoms with E-state index in [-0.39, 0.29) is 11.1 Å². The Morgan fingerprint density at radius 1 is 1.37 bits per heavy atom. The molecule has 1 aromatic heterocycles. The number of benzene rings is 1. The summed E-state index contributed by atoms with van der Waals surface area (Å²) in [4.78, 5) is 14.1. The smallest absolute Gasteiger partial charge is 0.425 e. The summed E-state index contributed by atoms with van der Waals surface area (Å²) in [5.41, 5.74) is -0.491. The molecule has 0 fully saturated rings. The fraction of sp³-hybridized carbons (Fsp3) is 0.250. The molecule has 102 valence electrons. The second-order valence-electron chi connectivity index (χ2n) is 3.98. The Kier molecular flexibility index (Phi) is 3.58. The van der Waals surface area contributed by atoms with Crippen molar-refractivity contribution in [1.82, 2.24) is 4.98 Å². The summed E-state index contributed by atoms with van der Waals surface area (Å²) in [7, 11) is 0. The average Bonchev–Trinajstić information content (AvgIpc) is 2.26. The number of hydrogen-bond acceptors (Lipinski definition) is 2. The summed E-state index contributed by atoms with van der Waals surface area (Å²) in [5, 5.41) is 0.601. The zero-order valence-corrected chi connectivity index (χ0v) is 11.3. The van der Waals surface area contributed by atoms with Gasteiger partial charge in [0.2, 0.25) is 0 Å². The number of fused-ring (bicyclic) bond motifs is 1. The number of nitrogens with one attached hydrogen (secondary N) is 1. The van der Waals surface area contributed by atoms with E-state index in [0.29, 0.717) is 9.86 Å². The Morgan fingerprint density at radius 3 is 2.68 bits per heavy atom. The predicted molar refractivity (Wildman–Crippen MR) is 68.4 cm³/mol. The van der Waals surface area contributed by atoms with Gasteiger partial charge in [0, 0.05) is 10.7 Å². The first-order valence-corrected chi connectivity index (χ1v) is 6.12. The van der Waals surface area contributed by atoms with Crippen LogP contribution in [0.3, 0.4) is 0 Å². The van der Waals surface area contributed by atoms with E-state index in [2.05, 4.69) is 20.9 Å². The van der Waals surface area contributed by atoms with Crippen molar-refractivity contribution in [2.24, 2.45) is 0 Å². The normalized spacial score (nSPS) is 13.5. The summed E-state index contributed by atoms with van der Waals surface area (Å²) < 4.78 is 43.0. The maximum absolute atomic E-state index is 12.5. The molecule has 1 atom stereocenters. The van der Waals surface area contributed by atoms with Gasteiger partial charge in [-0.1, -0.05) is 15.9 Å². The summed E-state index contributed by atoms with van der Waals surface area (Å²) >= 11 is 3.17. The first-order chi connectivity index (χ1) is 8.79. The molecule has 3 nitrogen and oxygen atoms in total. The summed E-state index contributed by atoms with van der Waals surface area (Å²) in [6, 6.07) is 4.57. The molecule has 0 saturated carbocycles. The quantitative estimate of drug-likeness (QED) is 0.910. The van der Waals surface area contributed by atoms with Crippen LogP contribution in [-0.2, 0) is 0 Å². The first-order valence-electron chi connectivity index (χ1n) is 5.33. The van der Waals surface area contributed by atoms with Crippen molar-refractivity contribution in [2.75, 3.05) is 0 Å². The van der Waals surface area contributed by atoms with Crippen LogP contribution in [0.1, 0.15) is 6.92 Å². The zero-order chi connectivity index (χ0) is 14.2. The Balaban J connectivity index is 2.57. The van der Waals surface area contributed by atoms with Crippen LogP contribution in [0.2, 0.25) is 0 Å². The van der Waals surface area contributed by atoms with Crippen molar-refractivity contribution in [1.29, 1.82) is 0 Å². The minimum Gasteiger partial charge on any atom is -0.480 e. The molecule has 0 aliphatic heterocycles. The lowest BCUT2D eigenvalue weighted by Gasteiger charge is -2.18. The van der Waals surface area contributed by atoms with E-state index < -0.39 is 17.8 Å². The third kappa shape index (κ3) is 2.91. The Bertz CT molecular complexity index is 666. The Labute approximate surface area is 114 Å². The molecule has 7 heteroatoms. The minimum absolute atomic E-state index is 0.0989. The van der Waals surface area contributed by atoms with Crippen molar-refractivity contribution in [3.8, 4) is 5.75 Å². The molecule has 0 radical (unpaired) electrons. The third-order valence-corrected chi connectivity index (χ3v) is 3.02. The van der Waals surface area contributed by atoms with E-state index in [1.54, 1.807) is 12.1 Å². The van der Waals surface area contributed by atoms with E-state index in [9.17, 15) is 18.0 Å². The van der Waals surface area contributed by atoms with Crippen LogP contribution < -0.4 is 10.3 Å². The minimum atomic E-state index is -4.49. The lowest BCUT2D eigenvalue weighted by Crippen LogP contribution is -2.31. The van der Waals surface area contributed by atoms with Crippen LogP contribution in [0.5, 0.6) is 5.75 Å². The van der Waals surface area contributed by atoms with Gasteiger partial charge in [-0.3, -0.25) is 4.79 Å². The molecular formula is C12H9BrF3NO2. The lowest BCUT2D eigenvalue weighted by atomic mass is 10.1. The van der Waals surface area contributed by atoms with E-state index in [1.807, 2.05) is 0 Å². The van der Waals surface area contributed by atoms with Gasteiger partial charge in [0.25, 0.3) is 5.56 Å². The highest BCUT2D eigenvalue weighted by atomic mass is 79.9. The van der Waals surface area contributed by atoms with Gasteiger partial charge in [0.1, 0.15) is 5.75 Å². The van der Waals surface area contributed by atoms with Crippen LogP contribution in [0.25, 0.3) is 10.8 Å². The van der Waals surface area contributed by atoms with Gasteiger partial charge in [0.05, 0.1) is 5.39 Å². The van der Waals surface area contributed by atoms with Crippen molar-refractivity contribution in [3.63, 3.8) is 0 Å². The summed E-state index contributed by atoms with van der Waals surface area (Å²) in [5.74, 6) is -0.101. The molecule has 1 N–H and O–H groups in total. The topological polar surface area (TPSA) is 42.1 Å². The van der Waals surface area contributed by atoms with Crippen LogP contribution in [0.15, 0.2) is 33.7 Å². The maximum atomic E-state index is 12.5. The highest BCUT2D eigenvalue weighted by Gasteiger charge is 2.38. The Morgan fingerprint density at radius 2 is 2.05 bits per heavy atom. The second kappa shape index (κ2) is 4.88. The summed E-state index contributed by atoms with van der Waals surface area (Å²) in [6.45, 7) is 0.893. The SMILES string of the molecule is CC(Oc1cc(Br)cc2cc[nH]c(=O)c12)C(F)(F)F. The summed E-state index contributed by atoms with van der Waals surface area (Å²) in [6.07, 6.45) is -5.06. The molecule has 0 saturated heterocycles. The highest BCUT2D eigenvalue weighted by molar-refractivity contribution is 9.10. The van der Waals surface area contributed by atoms with Gasteiger partial charge in [-0.15, -0.1) is 0 Å². The second-order valence-corrected chi connectivity index (χ2v) is 4.89. The lowest BCUT2D eigenvalue weighted by molar-refractivity contribution is -0.189. The number of rotatable bonds is 2. The fourth-order valence-corrected chi connectivity index (χ4v) is 2.06. The number of aromatic amines is 1. The number of halogens is 4. The van der Waals surface area contributed by atoms with Gasteiger partial charge in [0.15, 0.2) is 6.10 Å². The van der Waals surface area contributed by atoms with Gasteiger partial charge in [-0.05, 0) is 30.5 Å². The van der Waals surface area contributed by atoms with Crippen molar-refractivity contribution in [2.45, 2.75) is 19.2 Å². The first kappa shape index (κ1) is 13.9. The van der Waals surface area contributed by atoms with E-state index in [1.165, 1.54) is 12.3 Å². The molecule has 1 heterocycles. The standard InChI is InChI=1S/C12H9BrF3NO2/c1-6(12(14,15)16)19-9-5-8(13)4-7-2-3-17-11(18)10(7)9/h2-6H,1H3,(H,17,18). The predicted octanol–water partition coefficient (Wildman–Crippen LogP) is 3.62. The number of H-pyrrole nitrogens is 1. The van der Waals surface area contributed by atoms with E-state index in [4.69, 9.17) is 4.74 Å². The molecule has 0 aliphatic carbocycles. The fourth-order valence-electron chi connectivity index (χ4n) is 1.61. The van der Waals surface area contributed by atoms with Crippen LogP contribution >= 0.6 is 15.9 Å². The van der Waals surface area contributed by atoms with Crippen molar-refractivity contribution < 1.29 is 17.9 Å². The third-order valence-electron chi connectivity index (χ3n) is 2.57. The average molecular weight is 336 g/mol. The van der Waals surface area contributed by atoms with Gasteiger partial charge >= 0.3 is 6.18 Å². The van der Waals surface area contributed by atoms with Crippen LogP contribution in [0.4, 0.5) is 13.2 Å². The van der Waals surface area contributed by atoms with Gasteiger partial charge < -0.3 is 9.72 Å². The largest absolute Gasteiger partial charge is 0.480 e. The molecule has 19 heavy (non-hydrogen) atoms. The number of alkyl halides is 3. The van der Waals surface area contributed by atoms with Crippen LogP contribution in [-0.4, -0.2) is 17.3 Å². The molecule has 1 aromatic carbocycles. The molecule has 0 bridgehead atoms. The monoisotopic (exact) mass is 335 g/mol. The maximum Gasteiger partial charge on any atom is 0.425 e. The van der Waals surface area contributed by atoms with Gasteiger partial charge in [-0.2, -0.15) is 13.2 Å². The van der Waals surface area contributed by atoms with Gasteiger partial charge in [-0.25, -0.2) is 0 Å². The Hall–Kier alpha value is -1.50. The molecule has 0 aliphatic rings. The highest BCUT2D eigenvalue weighted by Crippen LogP contribution is 2.31. The van der Waals surface area contributed by atoms with Crippen molar-refractivity contribution in [3.05, 3.63) is 39.2 Å². The molecule has 0 spiro atoms. The molecule has 0 amide bonds. The molecule has 1 unspecified atom stereocenters. The number of hydrogen-bond donors (Lipinski definition) is 1.